The third kappa shape index (κ3) is 2.64. The van der Waals surface area contributed by atoms with E-state index in [4.69, 9.17) is 4.74 Å². The van der Waals surface area contributed by atoms with Crippen LogP contribution in [0.4, 0.5) is 0 Å². The van der Waals surface area contributed by atoms with Crippen molar-refractivity contribution in [1.82, 2.24) is 5.32 Å². The normalized spacial score (nSPS) is 27.7. The topological polar surface area (TPSA) is 38.3 Å². The maximum atomic E-state index is 12.0. The lowest BCUT2D eigenvalue weighted by Gasteiger charge is -2.46. The average Bonchev–Trinajstić information content (AvgIpc) is 2.27. The maximum Gasteiger partial charge on any atom is 0.137 e. The molecular formula is C13H23NO2. The number of carbonyl (C=O) groups excluding carboxylic acids is 1. The van der Waals surface area contributed by atoms with E-state index in [2.05, 4.69) is 12.2 Å². The number of ketones is 1. The van der Waals surface area contributed by atoms with E-state index in [1.807, 2.05) is 0 Å². The van der Waals surface area contributed by atoms with E-state index >= 15 is 0 Å². The average molecular weight is 225 g/mol. The van der Waals surface area contributed by atoms with Crippen molar-refractivity contribution in [2.45, 2.75) is 51.0 Å². The Labute approximate surface area is 97.9 Å². The van der Waals surface area contributed by atoms with Gasteiger partial charge in [0, 0.05) is 25.5 Å². The molecule has 2 rings (SSSR count). The van der Waals surface area contributed by atoms with Gasteiger partial charge < -0.3 is 10.1 Å². The summed E-state index contributed by atoms with van der Waals surface area (Å²) in [5.41, 5.74) is 0.108. The molecule has 3 heteroatoms. The summed E-state index contributed by atoms with van der Waals surface area (Å²) >= 11 is 0. The van der Waals surface area contributed by atoms with Gasteiger partial charge in [-0.3, -0.25) is 4.79 Å². The first-order chi connectivity index (χ1) is 7.76. The first-order valence-electron chi connectivity index (χ1n) is 6.63. The van der Waals surface area contributed by atoms with Crippen LogP contribution in [-0.2, 0) is 9.53 Å². The van der Waals surface area contributed by atoms with Crippen LogP contribution in [0.5, 0.6) is 0 Å². The van der Waals surface area contributed by atoms with Gasteiger partial charge in [0.15, 0.2) is 0 Å². The van der Waals surface area contributed by atoms with E-state index < -0.39 is 0 Å². The van der Waals surface area contributed by atoms with Gasteiger partial charge in [-0.1, -0.05) is 6.92 Å². The van der Waals surface area contributed by atoms with Gasteiger partial charge in [0.05, 0.1) is 5.60 Å². The summed E-state index contributed by atoms with van der Waals surface area (Å²) in [4.78, 5) is 12.0. The number of Topliss-reactive ketones (excluding diaryl/α,β-unsaturated/α-hetero) is 1. The van der Waals surface area contributed by atoms with Crippen molar-refractivity contribution >= 4 is 5.78 Å². The van der Waals surface area contributed by atoms with Gasteiger partial charge >= 0.3 is 0 Å². The number of hydrogen-bond acceptors (Lipinski definition) is 3. The molecule has 1 aliphatic carbocycles. The van der Waals surface area contributed by atoms with Crippen molar-refractivity contribution in [3.63, 3.8) is 0 Å². The lowest BCUT2D eigenvalue weighted by atomic mass is 9.71. The summed E-state index contributed by atoms with van der Waals surface area (Å²) in [6.07, 6.45) is 6.23. The summed E-state index contributed by atoms with van der Waals surface area (Å²) in [5.74, 6) is 0.711. The molecule has 0 aromatic heterocycles. The predicted molar refractivity (Wildman–Crippen MR) is 63.4 cm³/mol. The summed E-state index contributed by atoms with van der Waals surface area (Å²) < 4.78 is 5.84. The minimum atomic E-state index is 0.108. The minimum absolute atomic E-state index is 0.108. The molecule has 1 heterocycles. The zero-order chi connectivity index (χ0) is 11.4. The van der Waals surface area contributed by atoms with Gasteiger partial charge in [-0.2, -0.15) is 0 Å². The summed E-state index contributed by atoms with van der Waals surface area (Å²) in [6, 6.07) is 0. The van der Waals surface area contributed by atoms with E-state index in [0.717, 1.165) is 32.5 Å². The Hall–Kier alpha value is -0.410. The highest BCUT2D eigenvalue weighted by molar-refractivity contribution is 5.81. The van der Waals surface area contributed by atoms with Crippen LogP contribution >= 0.6 is 0 Å². The fourth-order valence-corrected chi connectivity index (χ4v) is 2.81. The predicted octanol–water partition coefficient (Wildman–Crippen LogP) is 1.90. The van der Waals surface area contributed by atoms with Crippen LogP contribution in [0.3, 0.4) is 0 Å². The van der Waals surface area contributed by atoms with Crippen LogP contribution in [0.2, 0.25) is 0 Å². The summed E-state index contributed by atoms with van der Waals surface area (Å²) in [5, 5.41) is 3.21. The monoisotopic (exact) mass is 225 g/mol. The SMILES string of the molecule is CCNCCC(=O)C1CCOC2(CCC2)C1. The van der Waals surface area contributed by atoms with E-state index in [1.54, 1.807) is 0 Å². The molecule has 0 bridgehead atoms. The Morgan fingerprint density at radius 2 is 2.31 bits per heavy atom. The number of nitrogens with one attached hydrogen (secondary N) is 1. The van der Waals surface area contributed by atoms with E-state index in [-0.39, 0.29) is 11.5 Å². The molecule has 1 N–H and O–H groups in total. The van der Waals surface area contributed by atoms with Crippen molar-refractivity contribution in [1.29, 1.82) is 0 Å². The third-order valence-corrected chi connectivity index (χ3v) is 4.01. The van der Waals surface area contributed by atoms with Crippen molar-refractivity contribution in [3.8, 4) is 0 Å². The van der Waals surface area contributed by atoms with Gasteiger partial charge in [-0.15, -0.1) is 0 Å². The Balaban J connectivity index is 1.77. The van der Waals surface area contributed by atoms with Gasteiger partial charge in [0.25, 0.3) is 0 Å². The number of carbonyl (C=O) groups is 1. The zero-order valence-electron chi connectivity index (χ0n) is 10.3. The van der Waals surface area contributed by atoms with E-state index in [1.165, 1.54) is 19.3 Å². The fraction of sp³-hybridized carbons (Fsp3) is 0.923. The molecule has 1 unspecified atom stereocenters. The van der Waals surface area contributed by atoms with E-state index in [9.17, 15) is 4.79 Å². The highest BCUT2D eigenvalue weighted by Crippen LogP contribution is 2.44. The first-order valence-corrected chi connectivity index (χ1v) is 6.63. The molecule has 2 aliphatic rings. The highest BCUT2D eigenvalue weighted by Gasteiger charge is 2.43. The van der Waals surface area contributed by atoms with E-state index in [0.29, 0.717) is 12.2 Å². The highest BCUT2D eigenvalue weighted by atomic mass is 16.5. The molecule has 92 valence electrons. The third-order valence-electron chi connectivity index (χ3n) is 4.01. The molecule has 2 fully saturated rings. The number of rotatable bonds is 5. The molecule has 0 amide bonds. The smallest absolute Gasteiger partial charge is 0.137 e. The number of hydrogen-bond donors (Lipinski definition) is 1. The van der Waals surface area contributed by atoms with Crippen molar-refractivity contribution < 1.29 is 9.53 Å². The van der Waals surface area contributed by atoms with Crippen LogP contribution in [-0.4, -0.2) is 31.1 Å². The van der Waals surface area contributed by atoms with Gasteiger partial charge in [-0.25, -0.2) is 0 Å². The number of ether oxygens (including phenoxy) is 1. The Bertz CT molecular complexity index is 248. The molecule has 0 radical (unpaired) electrons. The Morgan fingerprint density at radius 3 is 2.94 bits per heavy atom. The van der Waals surface area contributed by atoms with Gasteiger partial charge in [-0.05, 0) is 38.6 Å². The lowest BCUT2D eigenvalue weighted by molar-refractivity contribution is -0.155. The van der Waals surface area contributed by atoms with Gasteiger partial charge in [0.2, 0.25) is 0 Å². The quantitative estimate of drug-likeness (QED) is 0.726. The second-order valence-corrected chi connectivity index (χ2v) is 5.14. The molecule has 0 aromatic carbocycles. The molecule has 16 heavy (non-hydrogen) atoms. The van der Waals surface area contributed by atoms with Crippen LogP contribution in [0.15, 0.2) is 0 Å². The molecule has 1 saturated heterocycles. The fourth-order valence-electron chi connectivity index (χ4n) is 2.81. The van der Waals surface area contributed by atoms with Gasteiger partial charge in [0.1, 0.15) is 5.78 Å². The second-order valence-electron chi connectivity index (χ2n) is 5.14. The standard InChI is InChI=1S/C13H23NO2/c1-2-14-8-4-12(15)11-5-9-16-13(10-11)6-3-7-13/h11,14H,2-10H2,1H3. The van der Waals surface area contributed by atoms with Crippen molar-refractivity contribution in [3.05, 3.63) is 0 Å². The second kappa shape index (κ2) is 5.28. The molecule has 1 saturated carbocycles. The minimum Gasteiger partial charge on any atom is -0.375 e. The molecule has 1 spiro atoms. The van der Waals surface area contributed by atoms with Crippen LogP contribution in [0.25, 0.3) is 0 Å². The maximum absolute atomic E-state index is 12.0. The molecule has 0 aromatic rings. The van der Waals surface area contributed by atoms with Crippen LogP contribution in [0, 0.1) is 5.92 Å². The zero-order valence-corrected chi connectivity index (χ0v) is 10.3. The summed E-state index contributed by atoms with van der Waals surface area (Å²) in [6.45, 7) is 4.64. The summed E-state index contributed by atoms with van der Waals surface area (Å²) in [7, 11) is 0. The first kappa shape index (κ1) is 12.1. The Kier molecular flexibility index (Phi) is 3.98. The molecule has 1 atom stereocenters. The van der Waals surface area contributed by atoms with Crippen molar-refractivity contribution in [2.75, 3.05) is 19.7 Å². The van der Waals surface area contributed by atoms with Crippen LogP contribution < -0.4 is 5.32 Å². The van der Waals surface area contributed by atoms with Crippen molar-refractivity contribution in [2.24, 2.45) is 5.92 Å². The molecular weight excluding hydrogens is 202 g/mol. The lowest BCUT2D eigenvalue weighted by Crippen LogP contribution is -2.47. The Morgan fingerprint density at radius 1 is 1.50 bits per heavy atom. The molecule has 1 aliphatic heterocycles. The van der Waals surface area contributed by atoms with Crippen LogP contribution in [0.1, 0.15) is 45.4 Å². The molecule has 3 nitrogen and oxygen atoms in total. The largest absolute Gasteiger partial charge is 0.375 e.